The van der Waals surface area contributed by atoms with Gasteiger partial charge in [0.15, 0.2) is 5.43 Å². The topological polar surface area (TPSA) is 44.9 Å². The minimum absolute atomic E-state index is 0.0292. The van der Waals surface area contributed by atoms with Crippen LogP contribution in [0.25, 0.3) is 5.57 Å². The molecule has 66 valence electrons. The Morgan fingerprint density at radius 1 is 1.38 bits per heavy atom. The molecule has 1 aliphatic heterocycles. The van der Waals surface area contributed by atoms with Crippen LogP contribution in [0.4, 0.5) is 0 Å². The number of hydrogen-bond donors (Lipinski definition) is 2. The summed E-state index contributed by atoms with van der Waals surface area (Å²) in [5, 5.41) is 3.05. The van der Waals surface area contributed by atoms with Gasteiger partial charge in [-0.3, -0.25) is 4.79 Å². The molecule has 13 heavy (non-hydrogen) atoms. The second-order valence-corrected chi connectivity index (χ2v) is 2.84. The fourth-order valence-electron chi connectivity index (χ4n) is 1.27. The minimum atomic E-state index is 0.0292. The molecule has 0 unspecified atom stereocenters. The largest absolute Gasteiger partial charge is 0.387 e. The fraction of sp³-hybridized carbons (Fsp3) is 0.100. The average Bonchev–Trinajstić information content (AvgIpc) is 2.19. The van der Waals surface area contributed by atoms with Gasteiger partial charge in [0.05, 0.1) is 0 Å². The molecule has 1 aliphatic rings. The Kier molecular flexibility index (Phi) is 2.00. The molecule has 0 spiro atoms. The van der Waals surface area contributed by atoms with E-state index in [9.17, 15) is 4.79 Å². The van der Waals surface area contributed by atoms with E-state index in [1.54, 1.807) is 12.3 Å². The first-order valence-electron chi connectivity index (χ1n) is 4.15. The van der Waals surface area contributed by atoms with E-state index < -0.39 is 0 Å². The summed E-state index contributed by atoms with van der Waals surface area (Å²) in [6, 6.07) is 3.11. The van der Waals surface area contributed by atoms with Gasteiger partial charge in [-0.15, -0.1) is 0 Å². The summed E-state index contributed by atoms with van der Waals surface area (Å²) in [6.45, 7) is 0.808. The van der Waals surface area contributed by atoms with Crippen molar-refractivity contribution in [2.24, 2.45) is 0 Å². The van der Waals surface area contributed by atoms with Crippen molar-refractivity contribution in [3.63, 3.8) is 0 Å². The number of H-pyrrole nitrogens is 1. The molecule has 0 saturated carbocycles. The third-order valence-electron chi connectivity index (χ3n) is 1.90. The van der Waals surface area contributed by atoms with Crippen molar-refractivity contribution >= 4 is 5.57 Å². The highest BCUT2D eigenvalue weighted by atomic mass is 16.1. The number of pyridine rings is 1. The molecule has 0 radical (unpaired) electrons. The van der Waals surface area contributed by atoms with Crippen LogP contribution < -0.4 is 10.7 Å². The van der Waals surface area contributed by atoms with Crippen molar-refractivity contribution in [1.29, 1.82) is 0 Å². The van der Waals surface area contributed by atoms with Crippen LogP contribution in [0.5, 0.6) is 0 Å². The molecule has 1 aromatic rings. The Balaban J connectivity index is 2.40. The summed E-state index contributed by atoms with van der Waals surface area (Å²) in [7, 11) is 0. The molecular weight excluding hydrogens is 164 g/mol. The summed E-state index contributed by atoms with van der Waals surface area (Å²) in [6.07, 6.45) is 7.51. The van der Waals surface area contributed by atoms with Crippen molar-refractivity contribution in [2.45, 2.75) is 0 Å². The highest BCUT2D eigenvalue weighted by Gasteiger charge is 2.00. The van der Waals surface area contributed by atoms with Crippen LogP contribution in [-0.2, 0) is 0 Å². The zero-order valence-corrected chi connectivity index (χ0v) is 7.08. The van der Waals surface area contributed by atoms with Crippen molar-refractivity contribution in [1.82, 2.24) is 10.3 Å². The monoisotopic (exact) mass is 174 g/mol. The van der Waals surface area contributed by atoms with Crippen LogP contribution in [0.3, 0.4) is 0 Å². The molecule has 0 amide bonds. The third kappa shape index (κ3) is 1.69. The Morgan fingerprint density at radius 2 is 2.31 bits per heavy atom. The van der Waals surface area contributed by atoms with Crippen molar-refractivity contribution in [3.05, 3.63) is 52.6 Å². The standard InChI is InChI=1S/C10H10N2O/c13-9-3-6-12-10(7-9)8-1-4-11-5-2-8/h1-4,6-7,11H,5H2,(H,12,13). The molecule has 3 heteroatoms. The quantitative estimate of drug-likeness (QED) is 0.663. The van der Waals surface area contributed by atoms with Crippen LogP contribution in [-0.4, -0.2) is 11.5 Å². The first-order valence-corrected chi connectivity index (χ1v) is 4.15. The van der Waals surface area contributed by atoms with E-state index in [4.69, 9.17) is 0 Å². The van der Waals surface area contributed by atoms with Gasteiger partial charge in [0.2, 0.25) is 0 Å². The van der Waals surface area contributed by atoms with E-state index in [-0.39, 0.29) is 5.43 Å². The van der Waals surface area contributed by atoms with E-state index in [0.717, 1.165) is 17.8 Å². The molecule has 2 rings (SSSR count). The normalized spacial score (nSPS) is 14.9. The van der Waals surface area contributed by atoms with Gasteiger partial charge >= 0.3 is 0 Å². The molecule has 2 N–H and O–H groups in total. The smallest absolute Gasteiger partial charge is 0.182 e. The SMILES string of the molecule is O=c1cc[nH]c(C2=CCNC=C2)c1. The number of aromatic nitrogens is 1. The highest BCUT2D eigenvalue weighted by molar-refractivity contribution is 5.72. The van der Waals surface area contributed by atoms with Crippen LogP contribution in [0.1, 0.15) is 5.69 Å². The molecule has 0 aromatic carbocycles. The molecule has 0 saturated heterocycles. The van der Waals surface area contributed by atoms with Crippen molar-refractivity contribution in [2.75, 3.05) is 6.54 Å². The number of aromatic amines is 1. The first-order chi connectivity index (χ1) is 6.36. The first kappa shape index (κ1) is 7.86. The Bertz CT molecular complexity index is 415. The molecule has 2 heterocycles. The summed E-state index contributed by atoms with van der Waals surface area (Å²) in [5.41, 5.74) is 1.95. The maximum atomic E-state index is 11.0. The summed E-state index contributed by atoms with van der Waals surface area (Å²) >= 11 is 0. The number of hydrogen-bond acceptors (Lipinski definition) is 2. The van der Waals surface area contributed by atoms with Crippen LogP contribution >= 0.6 is 0 Å². The molecular formula is C10H10N2O. The van der Waals surface area contributed by atoms with Gasteiger partial charge in [-0.05, 0) is 17.8 Å². The molecule has 3 nitrogen and oxygen atoms in total. The van der Waals surface area contributed by atoms with Crippen LogP contribution in [0.2, 0.25) is 0 Å². The zero-order valence-electron chi connectivity index (χ0n) is 7.08. The minimum Gasteiger partial charge on any atom is -0.387 e. The molecule has 0 fully saturated rings. The number of nitrogens with one attached hydrogen (secondary N) is 2. The van der Waals surface area contributed by atoms with Crippen LogP contribution in [0.15, 0.2) is 41.5 Å². The summed E-state index contributed by atoms with van der Waals surface area (Å²) in [5.74, 6) is 0. The Hall–Kier alpha value is -1.77. The molecule has 1 aromatic heterocycles. The van der Waals surface area contributed by atoms with Gasteiger partial charge in [0.1, 0.15) is 0 Å². The molecule has 0 aliphatic carbocycles. The van der Waals surface area contributed by atoms with E-state index in [1.165, 1.54) is 6.07 Å². The zero-order chi connectivity index (χ0) is 9.10. The molecule has 0 bridgehead atoms. The van der Waals surface area contributed by atoms with Gasteiger partial charge in [-0.1, -0.05) is 6.08 Å². The molecule has 0 atom stereocenters. The average molecular weight is 174 g/mol. The maximum Gasteiger partial charge on any atom is 0.182 e. The van der Waals surface area contributed by atoms with E-state index in [2.05, 4.69) is 10.3 Å². The lowest BCUT2D eigenvalue weighted by Crippen LogP contribution is -2.09. The van der Waals surface area contributed by atoms with Gasteiger partial charge in [-0.25, -0.2) is 0 Å². The van der Waals surface area contributed by atoms with E-state index in [0.29, 0.717) is 0 Å². The number of rotatable bonds is 1. The lowest BCUT2D eigenvalue weighted by atomic mass is 10.1. The van der Waals surface area contributed by atoms with Gasteiger partial charge < -0.3 is 10.3 Å². The predicted molar refractivity (Wildman–Crippen MR) is 52.2 cm³/mol. The van der Waals surface area contributed by atoms with Gasteiger partial charge in [0.25, 0.3) is 0 Å². The van der Waals surface area contributed by atoms with E-state index >= 15 is 0 Å². The lowest BCUT2D eigenvalue weighted by Gasteiger charge is -2.07. The van der Waals surface area contributed by atoms with Crippen LogP contribution in [0, 0.1) is 0 Å². The second kappa shape index (κ2) is 3.31. The van der Waals surface area contributed by atoms with E-state index in [1.807, 2.05) is 18.4 Å². The summed E-state index contributed by atoms with van der Waals surface area (Å²) in [4.78, 5) is 14.1. The van der Waals surface area contributed by atoms with Gasteiger partial charge in [0, 0.05) is 30.6 Å². The lowest BCUT2D eigenvalue weighted by molar-refractivity contribution is 0.973. The predicted octanol–water partition coefficient (Wildman–Crippen LogP) is 0.875. The summed E-state index contributed by atoms with van der Waals surface area (Å²) < 4.78 is 0. The Morgan fingerprint density at radius 3 is 3.00 bits per heavy atom. The number of allylic oxidation sites excluding steroid dienone is 2. The fourth-order valence-corrected chi connectivity index (χ4v) is 1.27. The maximum absolute atomic E-state index is 11.0. The number of dihydropyridines is 1. The second-order valence-electron chi connectivity index (χ2n) is 2.84. The third-order valence-corrected chi connectivity index (χ3v) is 1.90. The van der Waals surface area contributed by atoms with Gasteiger partial charge in [-0.2, -0.15) is 0 Å². The van der Waals surface area contributed by atoms with Crippen molar-refractivity contribution < 1.29 is 0 Å². The highest BCUT2D eigenvalue weighted by Crippen LogP contribution is 2.12. The Labute approximate surface area is 75.8 Å². The van der Waals surface area contributed by atoms with Crippen molar-refractivity contribution in [3.8, 4) is 0 Å².